The number of nitrogens with one attached hydrogen (secondary N) is 2. The highest BCUT2D eigenvalue weighted by Crippen LogP contribution is 2.39. The lowest BCUT2D eigenvalue weighted by atomic mass is 9.86. The molecule has 2 N–H and O–H groups in total. The maximum absolute atomic E-state index is 12.8. The average molecular weight is 423 g/mol. The normalized spacial score (nSPS) is 36.3. The number of ether oxygens (including phenoxy) is 2. The highest BCUT2D eigenvalue weighted by atomic mass is 16.6. The molecule has 0 aromatic heterocycles. The van der Waals surface area contributed by atoms with Crippen LogP contribution in [0.25, 0.3) is 0 Å². The van der Waals surface area contributed by atoms with Crippen molar-refractivity contribution in [3.05, 3.63) is 0 Å². The van der Waals surface area contributed by atoms with E-state index in [0.717, 1.165) is 38.5 Å². The van der Waals surface area contributed by atoms with Gasteiger partial charge in [0, 0.05) is 22.2 Å². The molecular weight excluding hydrogens is 380 g/mol. The third-order valence-corrected chi connectivity index (χ3v) is 7.25. The average Bonchev–Trinajstić information content (AvgIpc) is 2.94. The van der Waals surface area contributed by atoms with Crippen molar-refractivity contribution >= 4 is 11.9 Å². The van der Waals surface area contributed by atoms with Crippen molar-refractivity contribution in [1.82, 2.24) is 10.6 Å². The zero-order chi connectivity index (χ0) is 22.5. The first-order valence-electron chi connectivity index (χ1n) is 11.6. The van der Waals surface area contributed by atoms with Gasteiger partial charge in [-0.2, -0.15) is 0 Å². The van der Waals surface area contributed by atoms with Crippen LogP contribution in [0, 0.1) is 11.8 Å². The molecule has 0 amide bonds. The Morgan fingerprint density at radius 3 is 1.17 bits per heavy atom. The molecule has 2 saturated heterocycles. The Morgan fingerprint density at radius 1 is 0.633 bits per heavy atom. The first-order valence-corrected chi connectivity index (χ1v) is 11.6. The number of hydrogen-bond acceptors (Lipinski definition) is 6. The van der Waals surface area contributed by atoms with E-state index in [1.807, 2.05) is 0 Å². The fraction of sp³-hybridized carbons (Fsp3) is 0.917. The molecule has 1 saturated carbocycles. The Labute approximate surface area is 182 Å². The minimum absolute atomic E-state index is 0.0590. The van der Waals surface area contributed by atoms with E-state index in [4.69, 9.17) is 9.47 Å². The van der Waals surface area contributed by atoms with Crippen LogP contribution in [0.3, 0.4) is 0 Å². The molecule has 172 valence electrons. The van der Waals surface area contributed by atoms with E-state index in [0.29, 0.717) is 0 Å². The first kappa shape index (κ1) is 23.5. The molecule has 0 aromatic rings. The summed E-state index contributed by atoms with van der Waals surface area (Å²) in [6.07, 6.45) is 4.44. The van der Waals surface area contributed by atoms with Gasteiger partial charge < -0.3 is 20.1 Å². The van der Waals surface area contributed by atoms with Gasteiger partial charge in [0.2, 0.25) is 0 Å². The Hall–Kier alpha value is -1.14. The third-order valence-electron chi connectivity index (χ3n) is 7.25. The van der Waals surface area contributed by atoms with Gasteiger partial charge in [-0.3, -0.25) is 9.59 Å². The van der Waals surface area contributed by atoms with Crippen LogP contribution >= 0.6 is 0 Å². The lowest BCUT2D eigenvalue weighted by molar-refractivity contribution is -0.165. The summed E-state index contributed by atoms with van der Waals surface area (Å²) in [6.45, 7) is 16.8. The van der Waals surface area contributed by atoms with Crippen molar-refractivity contribution in [1.29, 1.82) is 0 Å². The van der Waals surface area contributed by atoms with Crippen LogP contribution in [0.1, 0.15) is 93.9 Å². The molecule has 2 atom stereocenters. The molecule has 2 unspecified atom stereocenters. The smallest absolute Gasteiger partial charge is 0.311 e. The van der Waals surface area contributed by atoms with Crippen LogP contribution in [-0.2, 0) is 19.1 Å². The van der Waals surface area contributed by atoms with Crippen molar-refractivity contribution < 1.29 is 19.1 Å². The van der Waals surface area contributed by atoms with E-state index in [-0.39, 0.29) is 58.1 Å². The maximum Gasteiger partial charge on any atom is 0.311 e. The SMILES string of the molecule is CC1(C)CC(C(=O)OC2CCC(OC(=O)C3CC(C)(C)NC3(C)C)CC2)C(C)(C)N1. The fourth-order valence-corrected chi connectivity index (χ4v) is 6.07. The molecule has 3 aliphatic rings. The zero-order valence-electron chi connectivity index (χ0n) is 20.2. The quantitative estimate of drug-likeness (QED) is 0.673. The molecule has 30 heavy (non-hydrogen) atoms. The van der Waals surface area contributed by atoms with Gasteiger partial charge in [0.05, 0.1) is 11.8 Å². The number of esters is 2. The van der Waals surface area contributed by atoms with Crippen LogP contribution in [0.15, 0.2) is 0 Å². The van der Waals surface area contributed by atoms with Crippen LogP contribution in [-0.4, -0.2) is 46.3 Å². The van der Waals surface area contributed by atoms with Crippen molar-refractivity contribution in [3.8, 4) is 0 Å². The maximum atomic E-state index is 12.8. The van der Waals surface area contributed by atoms with Gasteiger partial charge in [0.25, 0.3) is 0 Å². The van der Waals surface area contributed by atoms with Gasteiger partial charge in [-0.25, -0.2) is 0 Å². The van der Waals surface area contributed by atoms with Crippen LogP contribution in [0.4, 0.5) is 0 Å². The Bertz CT molecular complexity index is 617. The molecule has 0 aromatic carbocycles. The number of carbonyl (C=O) groups is 2. The van der Waals surface area contributed by atoms with E-state index < -0.39 is 0 Å². The van der Waals surface area contributed by atoms with Gasteiger partial charge in [0.1, 0.15) is 12.2 Å². The predicted molar refractivity (Wildman–Crippen MR) is 117 cm³/mol. The molecule has 3 fully saturated rings. The van der Waals surface area contributed by atoms with E-state index in [9.17, 15) is 9.59 Å². The summed E-state index contributed by atoms with van der Waals surface area (Å²) in [5.74, 6) is -0.467. The number of hydrogen-bond donors (Lipinski definition) is 2. The fourth-order valence-electron chi connectivity index (χ4n) is 6.07. The Kier molecular flexibility index (Phi) is 6.09. The zero-order valence-corrected chi connectivity index (χ0v) is 20.2. The summed E-state index contributed by atoms with van der Waals surface area (Å²) in [7, 11) is 0. The summed E-state index contributed by atoms with van der Waals surface area (Å²) in [4.78, 5) is 25.7. The molecule has 6 heteroatoms. The van der Waals surface area contributed by atoms with Crippen molar-refractivity contribution in [2.24, 2.45) is 11.8 Å². The topological polar surface area (TPSA) is 76.7 Å². The standard InChI is InChI=1S/C24H42N2O4/c1-21(2)13-17(23(5,6)25-21)19(27)29-15-9-11-16(12-10-15)30-20(28)18-14-22(3,4)26-24(18,7)8/h15-18,25-26H,9-14H2,1-8H3. The Balaban J connectivity index is 1.47. The van der Waals surface area contributed by atoms with Crippen LogP contribution in [0.2, 0.25) is 0 Å². The molecular formula is C24H42N2O4. The second kappa shape index (κ2) is 7.77. The molecule has 0 radical (unpaired) electrons. The van der Waals surface area contributed by atoms with E-state index in [1.165, 1.54) is 0 Å². The largest absolute Gasteiger partial charge is 0.462 e. The lowest BCUT2D eigenvalue weighted by Crippen LogP contribution is -2.47. The summed E-state index contributed by atoms with van der Waals surface area (Å²) < 4.78 is 11.8. The van der Waals surface area contributed by atoms with Crippen molar-refractivity contribution in [2.75, 3.05) is 0 Å². The molecule has 0 spiro atoms. The summed E-state index contributed by atoms with van der Waals surface area (Å²) in [5, 5.41) is 7.08. The van der Waals surface area contributed by atoms with Crippen molar-refractivity contribution in [3.63, 3.8) is 0 Å². The van der Waals surface area contributed by atoms with Gasteiger partial charge in [0.15, 0.2) is 0 Å². The van der Waals surface area contributed by atoms with Crippen LogP contribution in [0.5, 0.6) is 0 Å². The lowest BCUT2D eigenvalue weighted by Gasteiger charge is -2.32. The Morgan fingerprint density at radius 2 is 0.933 bits per heavy atom. The first-order chi connectivity index (χ1) is 13.6. The minimum Gasteiger partial charge on any atom is -0.462 e. The second-order valence-electron chi connectivity index (χ2n) is 12.2. The summed E-state index contributed by atoms with van der Waals surface area (Å²) in [6, 6.07) is 0. The molecule has 0 bridgehead atoms. The van der Waals surface area contributed by atoms with Crippen LogP contribution < -0.4 is 10.6 Å². The van der Waals surface area contributed by atoms with Crippen molar-refractivity contribution in [2.45, 2.75) is 128 Å². The summed E-state index contributed by atoms with van der Waals surface area (Å²) in [5.41, 5.74) is -0.639. The summed E-state index contributed by atoms with van der Waals surface area (Å²) >= 11 is 0. The van der Waals surface area contributed by atoms with Gasteiger partial charge >= 0.3 is 11.9 Å². The van der Waals surface area contributed by atoms with E-state index >= 15 is 0 Å². The number of rotatable bonds is 4. The molecule has 2 heterocycles. The molecule has 1 aliphatic carbocycles. The van der Waals surface area contributed by atoms with Gasteiger partial charge in [-0.1, -0.05) is 0 Å². The molecule has 2 aliphatic heterocycles. The predicted octanol–water partition coefficient (Wildman–Crippen LogP) is 3.72. The minimum atomic E-state index is -0.261. The third kappa shape index (κ3) is 5.18. The molecule has 3 rings (SSSR count). The second-order valence-corrected chi connectivity index (χ2v) is 12.2. The highest BCUT2D eigenvalue weighted by Gasteiger charge is 2.50. The monoisotopic (exact) mass is 422 g/mol. The van der Waals surface area contributed by atoms with Gasteiger partial charge in [-0.15, -0.1) is 0 Å². The van der Waals surface area contributed by atoms with Gasteiger partial charge in [-0.05, 0) is 93.9 Å². The number of carbonyl (C=O) groups excluding carboxylic acids is 2. The highest BCUT2D eigenvalue weighted by molar-refractivity contribution is 5.75. The molecule has 6 nitrogen and oxygen atoms in total. The van der Waals surface area contributed by atoms with E-state index in [2.05, 4.69) is 66.0 Å². The van der Waals surface area contributed by atoms with E-state index in [1.54, 1.807) is 0 Å².